The molecule has 0 spiro atoms. The fourth-order valence-corrected chi connectivity index (χ4v) is 0.763. The molecule has 0 aliphatic rings. The molecule has 1 aromatic heterocycles. The molecule has 74 valence electrons. The van der Waals surface area contributed by atoms with Crippen LogP contribution in [0.3, 0.4) is 0 Å². The largest absolute Gasteiger partial charge is 0.435 e. The van der Waals surface area contributed by atoms with Crippen LogP contribution in [0, 0.1) is 0 Å². The molecule has 1 rings (SSSR count). The Balaban J connectivity index is 2.87. The van der Waals surface area contributed by atoms with Crippen molar-refractivity contribution in [3.63, 3.8) is 0 Å². The van der Waals surface area contributed by atoms with Crippen molar-refractivity contribution in [2.75, 3.05) is 0 Å². The molecule has 13 heavy (non-hydrogen) atoms. The van der Waals surface area contributed by atoms with Crippen molar-refractivity contribution in [3.8, 4) is 0 Å². The molecule has 0 amide bonds. The smallest absolute Gasteiger partial charge is 0.295 e. The van der Waals surface area contributed by atoms with Gasteiger partial charge in [-0.2, -0.15) is 18.3 Å². The lowest BCUT2D eigenvalue weighted by Crippen LogP contribution is -2.06. The minimum absolute atomic E-state index is 0.190. The number of hydrogen-bond donors (Lipinski definition) is 2. The van der Waals surface area contributed by atoms with Crippen molar-refractivity contribution >= 4 is 0 Å². The molecule has 7 heteroatoms. The zero-order valence-electron chi connectivity index (χ0n) is 6.72. The summed E-state index contributed by atoms with van der Waals surface area (Å²) in [7, 11) is 0. The molecule has 1 unspecified atom stereocenters. The lowest BCUT2D eigenvalue weighted by atomic mass is 10.2. The molecular weight excluding hydrogens is 187 g/mol. The third-order valence-corrected chi connectivity index (χ3v) is 1.53. The Morgan fingerprint density at radius 2 is 2.23 bits per heavy atom. The molecule has 0 aliphatic carbocycles. The van der Waals surface area contributed by atoms with E-state index in [1.54, 1.807) is 0 Å². The fraction of sp³-hybridized carbons (Fsp3) is 0.500. The van der Waals surface area contributed by atoms with E-state index in [4.69, 9.17) is 5.90 Å². The summed E-state index contributed by atoms with van der Waals surface area (Å²) in [5.74, 6) is 4.79. The first-order chi connectivity index (χ1) is 5.95. The zero-order valence-corrected chi connectivity index (χ0v) is 6.72. The summed E-state index contributed by atoms with van der Waals surface area (Å²) in [5.41, 5.74) is -0.791. The predicted octanol–water partition coefficient (Wildman–Crippen LogP) is 1.38. The van der Waals surface area contributed by atoms with Gasteiger partial charge in [0.25, 0.3) is 0 Å². The second kappa shape index (κ2) is 3.35. The van der Waals surface area contributed by atoms with E-state index in [9.17, 15) is 13.2 Å². The molecule has 0 aliphatic heterocycles. The van der Waals surface area contributed by atoms with E-state index < -0.39 is 18.0 Å². The molecule has 0 saturated carbocycles. The van der Waals surface area contributed by atoms with Crippen LogP contribution < -0.4 is 5.90 Å². The van der Waals surface area contributed by atoms with Crippen LogP contribution in [-0.4, -0.2) is 10.2 Å². The Morgan fingerprint density at radius 3 is 2.62 bits per heavy atom. The van der Waals surface area contributed by atoms with Gasteiger partial charge in [-0.1, -0.05) is 0 Å². The van der Waals surface area contributed by atoms with Crippen molar-refractivity contribution in [2.45, 2.75) is 19.2 Å². The van der Waals surface area contributed by atoms with Gasteiger partial charge in [0.2, 0.25) is 0 Å². The quantitative estimate of drug-likeness (QED) is 0.700. The van der Waals surface area contributed by atoms with E-state index in [0.717, 1.165) is 6.07 Å². The van der Waals surface area contributed by atoms with Crippen molar-refractivity contribution in [3.05, 3.63) is 17.5 Å². The van der Waals surface area contributed by atoms with Crippen molar-refractivity contribution < 1.29 is 18.0 Å². The summed E-state index contributed by atoms with van der Waals surface area (Å²) in [5, 5.41) is 5.26. The molecule has 0 aromatic carbocycles. The predicted molar refractivity (Wildman–Crippen MR) is 37.3 cm³/mol. The van der Waals surface area contributed by atoms with Crippen molar-refractivity contribution in [1.82, 2.24) is 10.2 Å². The van der Waals surface area contributed by atoms with Crippen LogP contribution >= 0.6 is 0 Å². The van der Waals surface area contributed by atoms with Crippen LogP contribution in [-0.2, 0) is 11.0 Å². The van der Waals surface area contributed by atoms with Gasteiger partial charge in [0.05, 0.1) is 5.69 Å². The molecule has 4 nitrogen and oxygen atoms in total. The zero-order chi connectivity index (χ0) is 10.1. The van der Waals surface area contributed by atoms with E-state index in [2.05, 4.69) is 15.0 Å². The van der Waals surface area contributed by atoms with Crippen molar-refractivity contribution in [1.29, 1.82) is 0 Å². The first-order valence-electron chi connectivity index (χ1n) is 3.43. The molecule has 0 radical (unpaired) electrons. The average molecular weight is 195 g/mol. The van der Waals surface area contributed by atoms with Gasteiger partial charge in [-0.15, -0.1) is 0 Å². The third-order valence-electron chi connectivity index (χ3n) is 1.53. The summed E-state index contributed by atoms with van der Waals surface area (Å²) in [6.07, 6.45) is -5.08. The number of nitrogens with zero attached hydrogens (tertiary/aromatic N) is 1. The first kappa shape index (κ1) is 10.0. The number of rotatable bonds is 2. The molecule has 0 saturated heterocycles. The highest BCUT2D eigenvalue weighted by atomic mass is 19.4. The number of H-pyrrole nitrogens is 1. The number of alkyl halides is 3. The van der Waals surface area contributed by atoms with E-state index in [-0.39, 0.29) is 5.69 Å². The number of aromatic amines is 1. The van der Waals surface area contributed by atoms with Crippen LogP contribution in [0.2, 0.25) is 0 Å². The summed E-state index contributed by atoms with van der Waals surface area (Å²) < 4.78 is 36.0. The molecule has 1 heterocycles. The average Bonchev–Trinajstić information content (AvgIpc) is 2.50. The number of halogens is 3. The maximum Gasteiger partial charge on any atom is 0.435 e. The van der Waals surface area contributed by atoms with E-state index in [1.165, 1.54) is 6.92 Å². The fourth-order valence-electron chi connectivity index (χ4n) is 0.763. The van der Waals surface area contributed by atoms with Gasteiger partial charge < -0.3 is 0 Å². The lowest BCUT2D eigenvalue weighted by molar-refractivity contribution is -0.141. The van der Waals surface area contributed by atoms with Crippen LogP contribution in [0.1, 0.15) is 24.4 Å². The first-order valence-corrected chi connectivity index (χ1v) is 3.43. The minimum atomic E-state index is -4.44. The van der Waals surface area contributed by atoms with Gasteiger partial charge in [0.15, 0.2) is 5.69 Å². The number of aromatic nitrogens is 2. The van der Waals surface area contributed by atoms with Crippen LogP contribution in [0.4, 0.5) is 13.2 Å². The summed E-state index contributed by atoms with van der Waals surface area (Å²) in [6, 6.07) is 0.859. The Hall–Kier alpha value is -1.08. The SMILES string of the molecule is CC(ON)c1cc(C(F)(F)F)n[nH]1. The van der Waals surface area contributed by atoms with Gasteiger partial charge in [-0.25, -0.2) is 5.90 Å². The van der Waals surface area contributed by atoms with E-state index in [0.29, 0.717) is 0 Å². The Morgan fingerprint density at radius 1 is 1.62 bits per heavy atom. The van der Waals surface area contributed by atoms with E-state index >= 15 is 0 Å². The van der Waals surface area contributed by atoms with Crippen LogP contribution in [0.15, 0.2) is 6.07 Å². The standard InChI is InChI=1S/C6H8F3N3O/c1-3(13-10)4-2-5(12-11-4)6(7,8)9/h2-3H,10H2,1H3,(H,11,12). The van der Waals surface area contributed by atoms with Gasteiger partial charge in [0, 0.05) is 0 Å². The van der Waals surface area contributed by atoms with Crippen LogP contribution in [0.25, 0.3) is 0 Å². The molecule has 0 bridgehead atoms. The topological polar surface area (TPSA) is 63.9 Å². The molecule has 1 atom stereocenters. The highest BCUT2D eigenvalue weighted by Crippen LogP contribution is 2.28. The summed E-state index contributed by atoms with van der Waals surface area (Å²) in [6.45, 7) is 1.51. The molecular formula is C6H8F3N3O. The third kappa shape index (κ3) is 2.19. The van der Waals surface area contributed by atoms with Gasteiger partial charge in [0.1, 0.15) is 6.10 Å². The maximum absolute atomic E-state index is 12.0. The second-order valence-corrected chi connectivity index (χ2v) is 2.48. The number of hydrogen-bond acceptors (Lipinski definition) is 3. The lowest BCUT2D eigenvalue weighted by Gasteiger charge is -2.03. The highest BCUT2D eigenvalue weighted by molar-refractivity contribution is 5.13. The molecule has 1 aromatic rings. The Labute approximate surface area is 71.8 Å². The summed E-state index contributed by atoms with van der Waals surface area (Å²) >= 11 is 0. The maximum atomic E-state index is 12.0. The van der Waals surface area contributed by atoms with E-state index in [1.807, 2.05) is 0 Å². The number of nitrogens with two attached hydrogens (primary N) is 1. The Bertz CT molecular complexity index is 283. The highest BCUT2D eigenvalue weighted by Gasteiger charge is 2.34. The molecule has 0 fully saturated rings. The normalized spacial score (nSPS) is 14.5. The summed E-state index contributed by atoms with van der Waals surface area (Å²) in [4.78, 5) is 4.32. The molecule has 3 N–H and O–H groups in total. The van der Waals surface area contributed by atoms with Crippen molar-refractivity contribution in [2.24, 2.45) is 5.90 Å². The minimum Gasteiger partial charge on any atom is -0.295 e. The monoisotopic (exact) mass is 195 g/mol. The van der Waals surface area contributed by atoms with Gasteiger partial charge >= 0.3 is 6.18 Å². The van der Waals surface area contributed by atoms with Crippen LogP contribution in [0.5, 0.6) is 0 Å². The van der Waals surface area contributed by atoms with Gasteiger partial charge in [-0.05, 0) is 13.0 Å². The Kier molecular flexibility index (Phi) is 2.58. The number of nitrogens with one attached hydrogen (secondary N) is 1. The van der Waals surface area contributed by atoms with Gasteiger partial charge in [-0.3, -0.25) is 9.94 Å². The second-order valence-electron chi connectivity index (χ2n) is 2.48.